The first-order valence-electron chi connectivity index (χ1n) is 11.4. The second-order valence-corrected chi connectivity index (χ2v) is 10.5. The van der Waals surface area contributed by atoms with Crippen molar-refractivity contribution in [3.63, 3.8) is 0 Å². The maximum absolute atomic E-state index is 13.8. The minimum absolute atomic E-state index is 0.0665. The molecule has 3 aliphatic rings. The third-order valence-electron chi connectivity index (χ3n) is 6.47. The highest BCUT2D eigenvalue weighted by molar-refractivity contribution is 7.92. The summed E-state index contributed by atoms with van der Waals surface area (Å²) in [6, 6.07) is 11.7. The van der Waals surface area contributed by atoms with Crippen molar-refractivity contribution in [3.05, 3.63) is 48.0 Å². The van der Waals surface area contributed by atoms with Crippen LogP contribution in [-0.2, 0) is 30.8 Å². The van der Waals surface area contributed by atoms with E-state index in [0.29, 0.717) is 50.7 Å². The van der Waals surface area contributed by atoms with Gasteiger partial charge >= 0.3 is 0 Å². The molecular formula is C24H27N3O6S. The molecular weight excluding hydrogens is 458 g/mol. The third kappa shape index (κ3) is 4.01. The van der Waals surface area contributed by atoms with Crippen molar-refractivity contribution >= 4 is 33.2 Å². The molecule has 5 rings (SSSR count). The van der Waals surface area contributed by atoms with Gasteiger partial charge in [-0.1, -0.05) is 12.1 Å². The molecule has 0 bridgehead atoms. The Hall–Kier alpha value is -3.11. The van der Waals surface area contributed by atoms with Gasteiger partial charge in [0, 0.05) is 32.2 Å². The summed E-state index contributed by atoms with van der Waals surface area (Å²) < 4.78 is 40.2. The summed E-state index contributed by atoms with van der Waals surface area (Å²) in [4.78, 5) is 28.6. The lowest BCUT2D eigenvalue weighted by molar-refractivity contribution is -0.142. The summed E-state index contributed by atoms with van der Waals surface area (Å²) in [5.74, 6) is 0.0355. The maximum atomic E-state index is 13.8. The number of ether oxygens (including phenoxy) is 2. The molecule has 0 spiro atoms. The summed E-state index contributed by atoms with van der Waals surface area (Å²) in [6.07, 6.45) is 0.515. The zero-order valence-electron chi connectivity index (χ0n) is 19.0. The summed E-state index contributed by atoms with van der Waals surface area (Å²) >= 11 is 0. The Morgan fingerprint density at radius 2 is 1.76 bits per heavy atom. The highest BCUT2D eigenvalue weighted by Gasteiger charge is 2.39. The first-order valence-corrected chi connectivity index (χ1v) is 12.9. The first kappa shape index (κ1) is 22.7. The minimum Gasteiger partial charge on any atom is -0.476 e. The van der Waals surface area contributed by atoms with Gasteiger partial charge in [0.25, 0.3) is 15.9 Å². The van der Waals surface area contributed by atoms with Crippen LogP contribution >= 0.6 is 0 Å². The van der Waals surface area contributed by atoms with E-state index in [9.17, 15) is 18.0 Å². The zero-order chi connectivity index (χ0) is 23.9. The lowest BCUT2D eigenvalue weighted by Gasteiger charge is -2.37. The molecule has 0 aromatic heterocycles. The lowest BCUT2D eigenvalue weighted by atomic mass is 10.0. The molecule has 2 aromatic carbocycles. The van der Waals surface area contributed by atoms with Crippen LogP contribution in [0.3, 0.4) is 0 Å². The number of fused-ring (bicyclic) bond motifs is 2. The van der Waals surface area contributed by atoms with Crippen LogP contribution in [-0.4, -0.2) is 70.6 Å². The number of carbonyl (C=O) groups excluding carboxylic acids is 2. The number of carbonyl (C=O) groups is 2. The topological polar surface area (TPSA) is 96.5 Å². The van der Waals surface area contributed by atoms with Crippen molar-refractivity contribution in [1.82, 2.24) is 4.90 Å². The van der Waals surface area contributed by atoms with E-state index in [1.165, 1.54) is 17.3 Å². The molecule has 0 radical (unpaired) electrons. The SMILES string of the molecule is CC(=O)N1CCCc2cc(S(=O)(=O)N3CC(C(=O)N4CCOCC4)Oc4ccccc43)ccc21. The van der Waals surface area contributed by atoms with Crippen molar-refractivity contribution in [3.8, 4) is 5.75 Å². The quantitative estimate of drug-likeness (QED) is 0.658. The molecule has 10 heteroatoms. The van der Waals surface area contributed by atoms with E-state index in [-0.39, 0.29) is 23.3 Å². The van der Waals surface area contributed by atoms with Gasteiger partial charge in [-0.15, -0.1) is 0 Å². The number of anilines is 2. The monoisotopic (exact) mass is 485 g/mol. The Morgan fingerprint density at radius 3 is 2.53 bits per heavy atom. The van der Waals surface area contributed by atoms with Crippen LogP contribution in [0.4, 0.5) is 11.4 Å². The molecule has 1 fully saturated rings. The van der Waals surface area contributed by atoms with Crippen molar-refractivity contribution in [2.45, 2.75) is 30.8 Å². The van der Waals surface area contributed by atoms with Crippen LogP contribution < -0.4 is 13.9 Å². The van der Waals surface area contributed by atoms with Gasteiger partial charge < -0.3 is 19.3 Å². The number of nitrogens with zero attached hydrogens (tertiary/aromatic N) is 3. The number of hydrogen-bond acceptors (Lipinski definition) is 6. The van der Waals surface area contributed by atoms with Gasteiger partial charge in [0.05, 0.1) is 30.3 Å². The molecule has 1 unspecified atom stereocenters. The van der Waals surface area contributed by atoms with Crippen LogP contribution in [0.1, 0.15) is 18.9 Å². The number of para-hydroxylation sites is 2. The fraction of sp³-hybridized carbons (Fsp3) is 0.417. The van der Waals surface area contributed by atoms with Crippen LogP contribution in [0.15, 0.2) is 47.4 Å². The summed E-state index contributed by atoms with van der Waals surface area (Å²) in [7, 11) is -3.99. The van der Waals surface area contributed by atoms with Crippen LogP contribution in [0.25, 0.3) is 0 Å². The predicted molar refractivity (Wildman–Crippen MR) is 126 cm³/mol. The second kappa shape index (κ2) is 8.92. The Kier molecular flexibility index (Phi) is 5.95. The maximum Gasteiger partial charge on any atom is 0.265 e. The summed E-state index contributed by atoms with van der Waals surface area (Å²) in [5.41, 5.74) is 1.97. The average molecular weight is 486 g/mol. The summed E-state index contributed by atoms with van der Waals surface area (Å²) in [5, 5.41) is 0. The molecule has 3 heterocycles. The Labute approximate surface area is 198 Å². The number of hydrogen-bond donors (Lipinski definition) is 0. The van der Waals surface area contributed by atoms with E-state index in [4.69, 9.17) is 9.47 Å². The molecule has 1 atom stereocenters. The van der Waals surface area contributed by atoms with Gasteiger partial charge in [-0.3, -0.25) is 13.9 Å². The van der Waals surface area contributed by atoms with Crippen LogP contribution in [0, 0.1) is 0 Å². The van der Waals surface area contributed by atoms with E-state index in [0.717, 1.165) is 17.7 Å². The van der Waals surface area contributed by atoms with Gasteiger partial charge in [0.2, 0.25) is 5.91 Å². The zero-order valence-corrected chi connectivity index (χ0v) is 19.8. The molecule has 9 nitrogen and oxygen atoms in total. The van der Waals surface area contributed by atoms with E-state index >= 15 is 0 Å². The fourth-order valence-corrected chi connectivity index (χ4v) is 6.26. The number of rotatable bonds is 3. The van der Waals surface area contributed by atoms with E-state index in [1.807, 2.05) is 0 Å². The van der Waals surface area contributed by atoms with Gasteiger partial charge in [-0.05, 0) is 48.7 Å². The van der Waals surface area contributed by atoms with Crippen molar-refractivity contribution in [2.75, 3.05) is 48.6 Å². The molecule has 3 aliphatic heterocycles. The highest BCUT2D eigenvalue weighted by Crippen LogP contribution is 2.38. The molecule has 1 saturated heterocycles. The second-order valence-electron chi connectivity index (χ2n) is 8.61. The molecule has 0 aliphatic carbocycles. The van der Waals surface area contributed by atoms with Crippen LogP contribution in [0.5, 0.6) is 5.75 Å². The molecule has 180 valence electrons. The largest absolute Gasteiger partial charge is 0.476 e. The van der Waals surface area contributed by atoms with E-state index < -0.39 is 16.1 Å². The molecule has 2 amide bonds. The molecule has 0 saturated carbocycles. The number of morpholine rings is 1. The summed E-state index contributed by atoms with van der Waals surface area (Å²) in [6.45, 7) is 3.81. The standard InChI is InChI=1S/C24H27N3O6S/c1-17(28)26-10-4-5-18-15-19(8-9-20(18)26)34(30,31)27-16-23(24(29)25-11-13-32-14-12-25)33-22-7-3-2-6-21(22)27/h2-3,6-9,15,23H,4-5,10-14,16H2,1H3. The normalized spacial score (nSPS) is 20.3. The smallest absolute Gasteiger partial charge is 0.265 e. The van der Waals surface area contributed by atoms with Crippen molar-refractivity contribution in [2.24, 2.45) is 0 Å². The van der Waals surface area contributed by atoms with Gasteiger partial charge in [-0.2, -0.15) is 0 Å². The predicted octanol–water partition coefficient (Wildman–Crippen LogP) is 1.80. The minimum atomic E-state index is -3.99. The van der Waals surface area contributed by atoms with E-state index in [1.54, 1.807) is 46.2 Å². The number of benzene rings is 2. The number of aryl methyl sites for hydroxylation is 1. The Bertz CT molecular complexity index is 1220. The van der Waals surface area contributed by atoms with E-state index in [2.05, 4.69) is 0 Å². The van der Waals surface area contributed by atoms with Crippen molar-refractivity contribution < 1.29 is 27.5 Å². The number of amides is 2. The third-order valence-corrected chi connectivity index (χ3v) is 8.25. The van der Waals surface area contributed by atoms with Gasteiger partial charge in [0.1, 0.15) is 5.75 Å². The first-order chi connectivity index (χ1) is 16.4. The van der Waals surface area contributed by atoms with Gasteiger partial charge in [0.15, 0.2) is 6.10 Å². The Balaban J connectivity index is 1.50. The van der Waals surface area contributed by atoms with Gasteiger partial charge in [-0.25, -0.2) is 8.42 Å². The number of sulfonamides is 1. The average Bonchev–Trinajstić information content (AvgIpc) is 2.87. The van der Waals surface area contributed by atoms with Crippen LogP contribution in [0.2, 0.25) is 0 Å². The molecule has 0 N–H and O–H groups in total. The fourth-order valence-electron chi connectivity index (χ4n) is 4.73. The highest BCUT2D eigenvalue weighted by atomic mass is 32.2. The Morgan fingerprint density at radius 1 is 1.00 bits per heavy atom. The molecule has 2 aromatic rings. The van der Waals surface area contributed by atoms with Crippen molar-refractivity contribution in [1.29, 1.82) is 0 Å². The molecule has 34 heavy (non-hydrogen) atoms. The lowest BCUT2D eigenvalue weighted by Crippen LogP contribution is -2.54.